The van der Waals surface area contributed by atoms with E-state index in [9.17, 15) is 13.2 Å². The SMILES string of the molecule is Cc1ccc(NC(=O)c2ccc3[nH]c(C)c(C)c3c2)cc1NS(C)(=O)=O. The van der Waals surface area contributed by atoms with Crippen LogP contribution in [0.3, 0.4) is 0 Å². The molecule has 0 aliphatic heterocycles. The molecule has 3 rings (SSSR count). The van der Waals surface area contributed by atoms with Gasteiger partial charge in [-0.05, 0) is 62.2 Å². The number of carbonyl (C=O) groups excluding carboxylic acids is 1. The van der Waals surface area contributed by atoms with Crippen LogP contribution in [0.25, 0.3) is 10.9 Å². The van der Waals surface area contributed by atoms with Gasteiger partial charge in [-0.15, -0.1) is 0 Å². The molecule has 0 saturated heterocycles. The van der Waals surface area contributed by atoms with Gasteiger partial charge < -0.3 is 10.3 Å². The predicted molar refractivity (Wildman–Crippen MR) is 105 cm³/mol. The molecule has 2 aromatic carbocycles. The number of sulfonamides is 1. The first-order valence-corrected chi connectivity index (χ1v) is 10.0. The van der Waals surface area contributed by atoms with Crippen LogP contribution in [0.15, 0.2) is 36.4 Å². The molecule has 0 spiro atoms. The number of H-pyrrole nitrogens is 1. The Balaban J connectivity index is 1.88. The zero-order valence-electron chi connectivity index (χ0n) is 15.1. The molecule has 0 fully saturated rings. The van der Waals surface area contributed by atoms with Crippen molar-refractivity contribution in [1.29, 1.82) is 0 Å². The summed E-state index contributed by atoms with van der Waals surface area (Å²) in [5.74, 6) is -0.251. The van der Waals surface area contributed by atoms with Gasteiger partial charge in [0.1, 0.15) is 0 Å². The molecular formula is C19H21N3O3S. The van der Waals surface area contributed by atoms with Crippen molar-refractivity contribution in [3.63, 3.8) is 0 Å². The molecule has 26 heavy (non-hydrogen) atoms. The van der Waals surface area contributed by atoms with Crippen molar-refractivity contribution in [3.8, 4) is 0 Å². The molecule has 7 heteroatoms. The monoisotopic (exact) mass is 371 g/mol. The summed E-state index contributed by atoms with van der Waals surface area (Å²) in [6, 6.07) is 10.6. The van der Waals surface area contributed by atoms with Crippen LogP contribution in [0.2, 0.25) is 0 Å². The number of carbonyl (C=O) groups is 1. The maximum absolute atomic E-state index is 12.6. The number of nitrogens with one attached hydrogen (secondary N) is 3. The van der Waals surface area contributed by atoms with Crippen molar-refractivity contribution in [2.75, 3.05) is 16.3 Å². The van der Waals surface area contributed by atoms with E-state index >= 15 is 0 Å². The summed E-state index contributed by atoms with van der Waals surface area (Å²) >= 11 is 0. The van der Waals surface area contributed by atoms with Gasteiger partial charge in [-0.25, -0.2) is 8.42 Å². The maximum atomic E-state index is 12.6. The van der Waals surface area contributed by atoms with Gasteiger partial charge in [0.05, 0.1) is 11.9 Å². The highest BCUT2D eigenvalue weighted by Crippen LogP contribution is 2.24. The van der Waals surface area contributed by atoms with Crippen molar-refractivity contribution in [1.82, 2.24) is 4.98 Å². The summed E-state index contributed by atoms with van der Waals surface area (Å²) in [5, 5.41) is 3.83. The van der Waals surface area contributed by atoms with E-state index < -0.39 is 10.0 Å². The number of anilines is 2. The van der Waals surface area contributed by atoms with Crippen LogP contribution in [0.5, 0.6) is 0 Å². The van der Waals surface area contributed by atoms with E-state index in [2.05, 4.69) is 15.0 Å². The van der Waals surface area contributed by atoms with Crippen LogP contribution in [0.1, 0.15) is 27.2 Å². The first-order chi connectivity index (χ1) is 12.1. The van der Waals surface area contributed by atoms with E-state index in [1.165, 1.54) is 0 Å². The fourth-order valence-electron chi connectivity index (χ4n) is 2.82. The molecule has 3 N–H and O–H groups in total. The van der Waals surface area contributed by atoms with Crippen LogP contribution in [0.4, 0.5) is 11.4 Å². The summed E-state index contributed by atoms with van der Waals surface area (Å²) in [6.07, 6.45) is 1.09. The molecule has 6 nitrogen and oxygen atoms in total. The molecule has 0 bridgehead atoms. The predicted octanol–water partition coefficient (Wildman–Crippen LogP) is 3.72. The smallest absolute Gasteiger partial charge is 0.255 e. The quantitative estimate of drug-likeness (QED) is 0.653. The number of aromatic nitrogens is 1. The van der Waals surface area contributed by atoms with Crippen molar-refractivity contribution in [2.24, 2.45) is 0 Å². The third-order valence-corrected chi connectivity index (χ3v) is 4.95. The highest BCUT2D eigenvalue weighted by Gasteiger charge is 2.12. The second-order valence-corrected chi connectivity index (χ2v) is 8.24. The third kappa shape index (κ3) is 3.72. The normalized spacial score (nSPS) is 11.5. The molecule has 0 aliphatic carbocycles. The number of hydrogen-bond donors (Lipinski definition) is 3. The standard InChI is InChI=1S/C19H21N3O3S/c1-11-5-7-15(10-18(11)22-26(4,24)25)21-19(23)14-6-8-17-16(9-14)12(2)13(3)20-17/h5-10,20,22H,1-4H3,(H,21,23). The Morgan fingerprint density at radius 1 is 1.04 bits per heavy atom. The lowest BCUT2D eigenvalue weighted by atomic mass is 10.1. The van der Waals surface area contributed by atoms with E-state index in [1.807, 2.05) is 26.0 Å². The zero-order valence-corrected chi connectivity index (χ0v) is 15.9. The summed E-state index contributed by atoms with van der Waals surface area (Å²) in [7, 11) is -3.39. The third-order valence-electron chi connectivity index (χ3n) is 4.36. The average Bonchev–Trinajstić information content (AvgIpc) is 2.83. The molecule has 0 radical (unpaired) electrons. The van der Waals surface area contributed by atoms with Gasteiger partial charge in [-0.1, -0.05) is 6.07 Å². The van der Waals surface area contributed by atoms with Crippen molar-refractivity contribution in [3.05, 3.63) is 58.8 Å². The van der Waals surface area contributed by atoms with Gasteiger partial charge in [0.15, 0.2) is 0 Å². The minimum Gasteiger partial charge on any atom is -0.358 e. The fourth-order valence-corrected chi connectivity index (χ4v) is 3.43. The first-order valence-electron chi connectivity index (χ1n) is 8.13. The van der Waals surface area contributed by atoms with Crippen LogP contribution in [-0.2, 0) is 10.0 Å². The number of amides is 1. The van der Waals surface area contributed by atoms with Crippen LogP contribution >= 0.6 is 0 Å². The summed E-state index contributed by atoms with van der Waals surface area (Å²) < 4.78 is 25.4. The Bertz CT molecular complexity index is 1110. The molecule has 0 atom stereocenters. The number of hydrogen-bond acceptors (Lipinski definition) is 3. The molecule has 0 saturated carbocycles. The number of benzene rings is 2. The van der Waals surface area contributed by atoms with Gasteiger partial charge in [0.25, 0.3) is 5.91 Å². The molecule has 0 unspecified atom stereocenters. The second kappa shape index (κ2) is 6.49. The number of aromatic amines is 1. The maximum Gasteiger partial charge on any atom is 0.255 e. The minimum atomic E-state index is -3.39. The topological polar surface area (TPSA) is 91.1 Å². The highest BCUT2D eigenvalue weighted by atomic mass is 32.2. The van der Waals surface area contributed by atoms with Gasteiger partial charge >= 0.3 is 0 Å². The minimum absolute atomic E-state index is 0.251. The summed E-state index contributed by atoms with van der Waals surface area (Å²) in [5.41, 5.74) is 5.46. The Morgan fingerprint density at radius 3 is 2.46 bits per heavy atom. The molecule has 3 aromatic rings. The summed E-state index contributed by atoms with van der Waals surface area (Å²) in [6.45, 7) is 5.81. The van der Waals surface area contributed by atoms with Crippen molar-refractivity contribution < 1.29 is 13.2 Å². The van der Waals surface area contributed by atoms with E-state index in [0.717, 1.165) is 34.0 Å². The molecule has 1 aromatic heterocycles. The molecule has 1 heterocycles. The lowest BCUT2D eigenvalue weighted by Crippen LogP contribution is -2.14. The lowest BCUT2D eigenvalue weighted by Gasteiger charge is -2.11. The molecule has 136 valence electrons. The first kappa shape index (κ1) is 18.0. The average molecular weight is 371 g/mol. The number of fused-ring (bicyclic) bond motifs is 1. The molecule has 0 aliphatic rings. The number of rotatable bonds is 4. The van der Waals surface area contributed by atoms with Gasteiger partial charge in [0.2, 0.25) is 10.0 Å². The largest absolute Gasteiger partial charge is 0.358 e. The van der Waals surface area contributed by atoms with Gasteiger partial charge in [-0.2, -0.15) is 0 Å². The second-order valence-electron chi connectivity index (χ2n) is 6.49. The Hall–Kier alpha value is -2.80. The van der Waals surface area contributed by atoms with Crippen molar-refractivity contribution >= 4 is 38.2 Å². The van der Waals surface area contributed by atoms with Crippen LogP contribution in [-0.4, -0.2) is 25.6 Å². The van der Waals surface area contributed by atoms with Gasteiger partial charge in [-0.3, -0.25) is 9.52 Å². The molecular weight excluding hydrogens is 350 g/mol. The Kier molecular flexibility index (Phi) is 4.50. The lowest BCUT2D eigenvalue weighted by molar-refractivity contribution is 0.102. The highest BCUT2D eigenvalue weighted by molar-refractivity contribution is 7.92. The Labute approximate surface area is 152 Å². The summed E-state index contributed by atoms with van der Waals surface area (Å²) in [4.78, 5) is 15.9. The van der Waals surface area contributed by atoms with E-state index in [1.54, 1.807) is 31.2 Å². The zero-order chi connectivity index (χ0) is 19.1. The van der Waals surface area contributed by atoms with Gasteiger partial charge in [0, 0.05) is 27.8 Å². The fraction of sp³-hybridized carbons (Fsp3) is 0.211. The van der Waals surface area contributed by atoms with Crippen LogP contribution < -0.4 is 10.0 Å². The Morgan fingerprint density at radius 2 is 1.77 bits per heavy atom. The van der Waals surface area contributed by atoms with Crippen molar-refractivity contribution in [2.45, 2.75) is 20.8 Å². The molecule has 1 amide bonds. The van der Waals surface area contributed by atoms with E-state index in [-0.39, 0.29) is 5.91 Å². The van der Waals surface area contributed by atoms with E-state index in [0.29, 0.717) is 16.9 Å². The van der Waals surface area contributed by atoms with Crippen LogP contribution in [0, 0.1) is 20.8 Å². The van der Waals surface area contributed by atoms with E-state index in [4.69, 9.17) is 0 Å². The number of aryl methyl sites for hydroxylation is 3.